The highest BCUT2D eigenvalue weighted by atomic mass is 35.5. The van der Waals surface area contributed by atoms with Crippen molar-refractivity contribution in [1.82, 2.24) is 20.2 Å². The maximum absolute atomic E-state index is 14.2. The van der Waals surface area contributed by atoms with Gasteiger partial charge in [0.05, 0.1) is 30.0 Å². The Morgan fingerprint density at radius 2 is 1.96 bits per heavy atom. The van der Waals surface area contributed by atoms with Crippen LogP contribution in [0.5, 0.6) is 5.75 Å². The SMILES string of the molecule is COc1c(C)cc(Nc2ncc(F)c(Nc3ccc4cn[nH]c4c3)n2)cc1Cl. The van der Waals surface area contributed by atoms with Gasteiger partial charge in [0.15, 0.2) is 11.6 Å². The van der Waals surface area contributed by atoms with Gasteiger partial charge in [0.25, 0.3) is 0 Å². The molecule has 3 N–H and O–H groups in total. The highest BCUT2D eigenvalue weighted by Crippen LogP contribution is 2.32. The van der Waals surface area contributed by atoms with Gasteiger partial charge in [0, 0.05) is 16.8 Å². The van der Waals surface area contributed by atoms with Crippen LogP contribution < -0.4 is 15.4 Å². The van der Waals surface area contributed by atoms with Crippen LogP contribution in [0.25, 0.3) is 10.9 Å². The zero-order chi connectivity index (χ0) is 19.7. The average Bonchev–Trinajstić information content (AvgIpc) is 3.12. The monoisotopic (exact) mass is 398 g/mol. The number of hydrogen-bond donors (Lipinski definition) is 3. The van der Waals surface area contributed by atoms with Gasteiger partial charge in [-0.2, -0.15) is 10.1 Å². The molecule has 0 saturated carbocycles. The molecule has 0 atom stereocenters. The number of nitrogens with one attached hydrogen (secondary N) is 3. The first-order valence-corrected chi connectivity index (χ1v) is 8.75. The molecule has 0 bridgehead atoms. The van der Waals surface area contributed by atoms with Gasteiger partial charge >= 0.3 is 0 Å². The first-order chi connectivity index (χ1) is 13.5. The van der Waals surface area contributed by atoms with Gasteiger partial charge in [-0.1, -0.05) is 11.6 Å². The van der Waals surface area contributed by atoms with E-state index in [1.807, 2.05) is 31.2 Å². The molecule has 0 spiro atoms. The van der Waals surface area contributed by atoms with Gasteiger partial charge < -0.3 is 15.4 Å². The van der Waals surface area contributed by atoms with Crippen LogP contribution in [-0.4, -0.2) is 27.3 Å². The molecule has 0 aliphatic carbocycles. The third-order valence-electron chi connectivity index (χ3n) is 4.14. The molecule has 4 rings (SSSR count). The molecule has 142 valence electrons. The molecule has 4 aromatic rings. The molecule has 9 heteroatoms. The zero-order valence-corrected chi connectivity index (χ0v) is 15.8. The van der Waals surface area contributed by atoms with Crippen molar-refractivity contribution in [3.8, 4) is 5.75 Å². The summed E-state index contributed by atoms with van der Waals surface area (Å²) < 4.78 is 19.5. The van der Waals surface area contributed by atoms with Crippen LogP contribution >= 0.6 is 11.6 Å². The van der Waals surface area contributed by atoms with E-state index < -0.39 is 5.82 Å². The summed E-state index contributed by atoms with van der Waals surface area (Å²) in [5.41, 5.74) is 3.02. The van der Waals surface area contributed by atoms with Crippen LogP contribution in [0.4, 0.5) is 27.5 Å². The summed E-state index contributed by atoms with van der Waals surface area (Å²) >= 11 is 6.22. The summed E-state index contributed by atoms with van der Waals surface area (Å²) in [6.07, 6.45) is 2.82. The number of aromatic nitrogens is 4. The molecule has 2 heterocycles. The summed E-state index contributed by atoms with van der Waals surface area (Å²) in [6, 6.07) is 9.06. The Hall–Kier alpha value is -3.39. The van der Waals surface area contributed by atoms with Gasteiger partial charge in [-0.15, -0.1) is 0 Å². The second-order valence-electron chi connectivity index (χ2n) is 6.12. The quantitative estimate of drug-likeness (QED) is 0.441. The molecule has 0 saturated heterocycles. The van der Waals surface area contributed by atoms with Gasteiger partial charge in [-0.3, -0.25) is 5.10 Å². The fourth-order valence-electron chi connectivity index (χ4n) is 2.86. The van der Waals surface area contributed by atoms with Crippen molar-refractivity contribution in [2.45, 2.75) is 6.92 Å². The number of aromatic amines is 1. The fourth-order valence-corrected chi connectivity index (χ4v) is 3.20. The lowest BCUT2D eigenvalue weighted by atomic mass is 10.2. The van der Waals surface area contributed by atoms with Crippen LogP contribution in [-0.2, 0) is 0 Å². The van der Waals surface area contributed by atoms with Crippen molar-refractivity contribution in [2.24, 2.45) is 0 Å². The second-order valence-corrected chi connectivity index (χ2v) is 6.53. The predicted octanol–water partition coefficient (Wildman–Crippen LogP) is 4.95. The number of halogens is 2. The zero-order valence-electron chi connectivity index (χ0n) is 15.0. The minimum atomic E-state index is -0.570. The highest BCUT2D eigenvalue weighted by molar-refractivity contribution is 6.32. The van der Waals surface area contributed by atoms with E-state index in [2.05, 4.69) is 30.8 Å². The van der Waals surface area contributed by atoms with E-state index in [4.69, 9.17) is 16.3 Å². The molecule has 0 aliphatic heterocycles. The van der Waals surface area contributed by atoms with Crippen LogP contribution in [0.15, 0.2) is 42.7 Å². The van der Waals surface area contributed by atoms with Crippen molar-refractivity contribution in [2.75, 3.05) is 17.7 Å². The molecule has 28 heavy (non-hydrogen) atoms. The van der Waals surface area contributed by atoms with E-state index in [1.54, 1.807) is 19.4 Å². The van der Waals surface area contributed by atoms with E-state index in [-0.39, 0.29) is 11.8 Å². The molecule has 0 radical (unpaired) electrons. The largest absolute Gasteiger partial charge is 0.495 e. The van der Waals surface area contributed by atoms with E-state index in [9.17, 15) is 4.39 Å². The predicted molar refractivity (Wildman–Crippen MR) is 107 cm³/mol. The molecule has 0 unspecified atom stereocenters. The summed E-state index contributed by atoms with van der Waals surface area (Å²) in [5, 5.41) is 14.3. The summed E-state index contributed by atoms with van der Waals surface area (Å²) in [5.74, 6) is 0.308. The van der Waals surface area contributed by atoms with Crippen LogP contribution in [0.2, 0.25) is 5.02 Å². The molecule has 0 amide bonds. The van der Waals surface area contributed by atoms with Crippen molar-refractivity contribution < 1.29 is 9.13 Å². The van der Waals surface area contributed by atoms with Crippen molar-refractivity contribution >= 4 is 45.6 Å². The van der Waals surface area contributed by atoms with Crippen LogP contribution in [0, 0.1) is 12.7 Å². The smallest absolute Gasteiger partial charge is 0.229 e. The van der Waals surface area contributed by atoms with Gasteiger partial charge in [-0.25, -0.2) is 9.37 Å². The third kappa shape index (κ3) is 3.54. The molecule has 0 aliphatic rings. The number of aryl methyl sites for hydroxylation is 1. The number of benzene rings is 2. The summed E-state index contributed by atoms with van der Waals surface area (Å²) in [7, 11) is 1.56. The summed E-state index contributed by atoms with van der Waals surface area (Å²) in [4.78, 5) is 8.22. The number of hydrogen-bond acceptors (Lipinski definition) is 6. The van der Waals surface area contributed by atoms with Crippen molar-refractivity contribution in [3.63, 3.8) is 0 Å². The van der Waals surface area contributed by atoms with E-state index in [0.29, 0.717) is 22.1 Å². The number of ether oxygens (including phenoxy) is 1. The Balaban J connectivity index is 1.60. The molecule has 0 fully saturated rings. The standard InChI is InChI=1S/C19H16ClFN6O/c1-10-5-13(6-14(20)17(10)28-2)25-19-22-9-15(21)18(26-19)24-12-4-3-11-8-23-27-16(11)7-12/h3-9H,1-2H3,(H,23,27)(H2,22,24,25,26). The number of methoxy groups -OCH3 is 1. The third-order valence-corrected chi connectivity index (χ3v) is 4.42. The molecule has 2 aromatic heterocycles. The van der Waals surface area contributed by atoms with Crippen molar-refractivity contribution in [3.05, 3.63) is 59.1 Å². The first-order valence-electron chi connectivity index (χ1n) is 8.37. The second kappa shape index (κ2) is 7.32. The Kier molecular flexibility index (Phi) is 4.70. The molecular formula is C19H16ClFN6O. The highest BCUT2D eigenvalue weighted by Gasteiger charge is 2.11. The maximum atomic E-state index is 14.2. The Labute approximate surface area is 164 Å². The lowest BCUT2D eigenvalue weighted by molar-refractivity contribution is 0.412. The number of anilines is 4. The first kappa shape index (κ1) is 18.0. The van der Waals surface area contributed by atoms with Gasteiger partial charge in [-0.05, 0) is 42.8 Å². The van der Waals surface area contributed by atoms with Crippen molar-refractivity contribution in [1.29, 1.82) is 0 Å². The number of nitrogens with zero attached hydrogens (tertiary/aromatic N) is 3. The summed E-state index contributed by atoms with van der Waals surface area (Å²) in [6.45, 7) is 1.87. The molecule has 7 nitrogen and oxygen atoms in total. The van der Waals surface area contributed by atoms with Crippen LogP contribution in [0.1, 0.15) is 5.56 Å². The minimum absolute atomic E-state index is 0.0488. The van der Waals surface area contributed by atoms with E-state index >= 15 is 0 Å². The lowest BCUT2D eigenvalue weighted by Crippen LogP contribution is -2.03. The minimum Gasteiger partial charge on any atom is -0.495 e. The number of fused-ring (bicyclic) bond motifs is 1. The fraction of sp³-hybridized carbons (Fsp3) is 0.105. The van der Waals surface area contributed by atoms with Gasteiger partial charge in [0.1, 0.15) is 5.75 Å². The van der Waals surface area contributed by atoms with E-state index in [1.165, 1.54) is 0 Å². The Bertz CT molecular complexity index is 1140. The van der Waals surface area contributed by atoms with E-state index in [0.717, 1.165) is 22.7 Å². The Morgan fingerprint density at radius 3 is 2.75 bits per heavy atom. The number of H-pyrrole nitrogens is 1. The molecular weight excluding hydrogens is 383 g/mol. The normalized spacial score (nSPS) is 10.9. The van der Waals surface area contributed by atoms with Crippen LogP contribution in [0.3, 0.4) is 0 Å². The number of rotatable bonds is 5. The average molecular weight is 399 g/mol. The molecule has 2 aromatic carbocycles. The maximum Gasteiger partial charge on any atom is 0.229 e. The lowest BCUT2D eigenvalue weighted by Gasteiger charge is -2.12. The Morgan fingerprint density at radius 1 is 1.11 bits per heavy atom. The van der Waals surface area contributed by atoms with Gasteiger partial charge in [0.2, 0.25) is 5.95 Å². The topological polar surface area (TPSA) is 87.8 Å².